The maximum Gasteiger partial charge on any atom is 0.188 e. The van der Waals surface area contributed by atoms with Gasteiger partial charge >= 0.3 is 0 Å². The maximum atomic E-state index is 9.75. The van der Waals surface area contributed by atoms with E-state index in [-0.39, 0.29) is 0 Å². The van der Waals surface area contributed by atoms with Crippen LogP contribution < -0.4 is 0 Å². The van der Waals surface area contributed by atoms with E-state index in [1.54, 1.807) is 0 Å². The van der Waals surface area contributed by atoms with Crippen LogP contribution in [0, 0.1) is 17.9 Å². The fourth-order valence-corrected chi connectivity index (χ4v) is 8.78. The predicted molar refractivity (Wildman–Crippen MR) is 204 cm³/mol. The Morgan fingerprint density at radius 2 is 1.08 bits per heavy atom. The normalized spacial score (nSPS) is 11.6. The summed E-state index contributed by atoms with van der Waals surface area (Å²) >= 11 is 1.85. The van der Waals surface area contributed by atoms with E-state index < -0.39 is 0 Å². The lowest BCUT2D eigenvalue weighted by Crippen LogP contribution is -2.01. The van der Waals surface area contributed by atoms with E-state index in [2.05, 4.69) is 129 Å². The van der Waals surface area contributed by atoms with Gasteiger partial charge in [0.25, 0.3) is 0 Å². The lowest BCUT2D eigenvalue weighted by molar-refractivity contribution is 1.16. The van der Waals surface area contributed by atoms with E-state index in [1.165, 1.54) is 36.5 Å². The summed E-state index contributed by atoms with van der Waals surface area (Å²) < 4.78 is 7.29. The van der Waals surface area contributed by atoms with Crippen LogP contribution in [0.2, 0.25) is 0 Å². The van der Waals surface area contributed by atoms with Crippen LogP contribution in [0.3, 0.4) is 0 Å². The molecule has 0 atom stereocenters. The number of fused-ring (bicyclic) bond motifs is 9. The zero-order chi connectivity index (χ0) is 32.6. The van der Waals surface area contributed by atoms with Crippen LogP contribution in [0.15, 0.2) is 146 Å². The number of aromatic nitrogens is 2. The smallest absolute Gasteiger partial charge is 0.188 e. The van der Waals surface area contributed by atoms with Crippen LogP contribution in [-0.4, -0.2) is 9.13 Å². The molecular formula is C44H24N4S. The third-order valence-corrected chi connectivity index (χ3v) is 10.9. The highest BCUT2D eigenvalue weighted by Gasteiger charge is 2.21. The molecule has 7 aromatic carbocycles. The Labute approximate surface area is 285 Å². The molecule has 0 radical (unpaired) electrons. The lowest BCUT2D eigenvalue weighted by Gasteiger charge is -2.18. The molecule has 49 heavy (non-hydrogen) atoms. The highest BCUT2D eigenvalue weighted by atomic mass is 32.1. The maximum absolute atomic E-state index is 9.75. The van der Waals surface area contributed by atoms with Crippen LogP contribution >= 0.6 is 11.3 Å². The van der Waals surface area contributed by atoms with E-state index in [9.17, 15) is 5.26 Å². The van der Waals surface area contributed by atoms with E-state index in [1.807, 2.05) is 47.7 Å². The topological polar surface area (TPSA) is 38.0 Å². The summed E-state index contributed by atoms with van der Waals surface area (Å²) in [5, 5.41) is 16.7. The van der Waals surface area contributed by atoms with Gasteiger partial charge in [0.1, 0.15) is 0 Å². The Morgan fingerprint density at radius 1 is 0.490 bits per heavy atom. The second kappa shape index (κ2) is 10.4. The van der Waals surface area contributed by atoms with Gasteiger partial charge in [-0.05, 0) is 72.1 Å². The number of rotatable bonds is 3. The molecule has 0 aliphatic carbocycles. The summed E-state index contributed by atoms with van der Waals surface area (Å²) in [6, 6.07) is 53.3. The van der Waals surface area contributed by atoms with Crippen molar-refractivity contribution < 1.29 is 0 Å². The number of nitriles is 1. The molecule has 0 amide bonds. The number of para-hydroxylation sites is 3. The molecule has 0 spiro atoms. The molecule has 3 heterocycles. The molecule has 0 unspecified atom stereocenters. The minimum atomic E-state index is 0.575. The van der Waals surface area contributed by atoms with Gasteiger partial charge in [-0.1, -0.05) is 78.9 Å². The second-order valence-corrected chi connectivity index (χ2v) is 13.4. The van der Waals surface area contributed by atoms with Crippen molar-refractivity contribution in [2.24, 2.45) is 0 Å². The third kappa shape index (κ3) is 3.95. The molecule has 10 rings (SSSR count). The highest BCUT2D eigenvalue weighted by Crippen LogP contribution is 2.44. The summed E-state index contributed by atoms with van der Waals surface area (Å²) in [5.74, 6) is 0. The van der Waals surface area contributed by atoms with Gasteiger partial charge in [-0.15, -0.1) is 11.3 Å². The van der Waals surface area contributed by atoms with E-state index in [0.717, 1.165) is 49.8 Å². The zero-order valence-electron chi connectivity index (χ0n) is 26.1. The SMILES string of the molecule is [C-]#[N+]c1ccc2c(c1)c1cc(C#N)ccc1n2-c1ccccc1-c1ccccc1-n1c2ccccc2c2cc3sc4ccccc4c3cc21. The van der Waals surface area contributed by atoms with Gasteiger partial charge in [0.05, 0.1) is 51.6 Å². The largest absolute Gasteiger partial charge is 0.309 e. The quantitative estimate of drug-likeness (QED) is 0.177. The Balaban J connectivity index is 1.29. The van der Waals surface area contributed by atoms with E-state index >= 15 is 0 Å². The zero-order valence-corrected chi connectivity index (χ0v) is 26.9. The first-order valence-electron chi connectivity index (χ1n) is 16.1. The fraction of sp³-hybridized carbons (Fsp3) is 0. The van der Waals surface area contributed by atoms with Gasteiger partial charge in [0.2, 0.25) is 0 Å². The van der Waals surface area contributed by atoms with Crippen molar-refractivity contribution in [2.75, 3.05) is 0 Å². The molecule has 3 aromatic heterocycles. The molecule has 10 aromatic rings. The van der Waals surface area contributed by atoms with Crippen molar-refractivity contribution in [1.82, 2.24) is 9.13 Å². The standard InChI is InChI=1S/C44H24N4S/c1-46-28-19-21-41-34(23-28)33-22-27(26-45)18-20-40(33)47(41)37-14-6-2-10-29(37)30-11-3-7-15-38(30)48-39-16-8-4-12-31(39)35-25-44-36(24-42(35)48)32-13-5-9-17-43(32)49-44/h2-25H. The van der Waals surface area contributed by atoms with Gasteiger partial charge in [-0.25, -0.2) is 4.85 Å². The van der Waals surface area contributed by atoms with Crippen molar-refractivity contribution in [3.05, 3.63) is 163 Å². The molecule has 0 N–H and O–H groups in total. The van der Waals surface area contributed by atoms with Crippen molar-refractivity contribution in [3.8, 4) is 28.6 Å². The fourth-order valence-electron chi connectivity index (χ4n) is 7.65. The average molecular weight is 641 g/mol. The number of hydrogen-bond acceptors (Lipinski definition) is 2. The number of hydrogen-bond donors (Lipinski definition) is 0. The summed E-state index contributed by atoms with van der Waals surface area (Å²) in [6.45, 7) is 7.67. The van der Waals surface area contributed by atoms with Crippen molar-refractivity contribution in [1.29, 1.82) is 5.26 Å². The van der Waals surface area contributed by atoms with Crippen molar-refractivity contribution in [2.45, 2.75) is 0 Å². The molecule has 4 nitrogen and oxygen atoms in total. The number of benzene rings is 7. The summed E-state index contributed by atoms with van der Waals surface area (Å²) in [5.41, 5.74) is 9.82. The van der Waals surface area contributed by atoms with Crippen LogP contribution in [0.1, 0.15) is 5.56 Å². The third-order valence-electron chi connectivity index (χ3n) is 9.76. The molecule has 226 valence electrons. The Hall–Kier alpha value is -6.66. The van der Waals surface area contributed by atoms with E-state index in [0.29, 0.717) is 11.3 Å². The van der Waals surface area contributed by atoms with Crippen LogP contribution in [0.4, 0.5) is 5.69 Å². The van der Waals surface area contributed by atoms with Gasteiger partial charge in [0.15, 0.2) is 5.69 Å². The Bertz CT molecular complexity index is 3010. The van der Waals surface area contributed by atoms with Gasteiger partial charge < -0.3 is 9.13 Å². The molecule has 0 bridgehead atoms. The summed E-state index contributed by atoms with van der Waals surface area (Å²) in [6.07, 6.45) is 0. The second-order valence-electron chi connectivity index (χ2n) is 12.3. The minimum absolute atomic E-state index is 0.575. The van der Waals surface area contributed by atoms with Crippen LogP contribution in [0.25, 0.3) is 91.1 Å². The molecule has 0 saturated carbocycles. The van der Waals surface area contributed by atoms with Crippen LogP contribution in [-0.2, 0) is 0 Å². The highest BCUT2D eigenvalue weighted by molar-refractivity contribution is 7.25. The number of thiophene rings is 1. The molecule has 0 saturated heterocycles. The minimum Gasteiger partial charge on any atom is -0.309 e. The number of nitrogens with zero attached hydrogens (tertiary/aromatic N) is 4. The van der Waals surface area contributed by atoms with Gasteiger partial charge in [0, 0.05) is 47.5 Å². The van der Waals surface area contributed by atoms with E-state index in [4.69, 9.17) is 6.57 Å². The Morgan fingerprint density at radius 3 is 1.84 bits per heavy atom. The van der Waals surface area contributed by atoms with Crippen LogP contribution in [0.5, 0.6) is 0 Å². The average Bonchev–Trinajstić information content (AvgIpc) is 3.80. The van der Waals surface area contributed by atoms with Crippen molar-refractivity contribution >= 4 is 80.8 Å². The molecule has 0 aliphatic heterocycles. The molecule has 5 heteroatoms. The first kappa shape index (κ1) is 27.5. The lowest BCUT2D eigenvalue weighted by atomic mass is 10.0. The first-order valence-corrected chi connectivity index (χ1v) is 16.9. The first-order chi connectivity index (χ1) is 24.2. The summed E-state index contributed by atoms with van der Waals surface area (Å²) in [4.78, 5) is 3.71. The molecule has 0 fully saturated rings. The molecular weight excluding hydrogens is 617 g/mol. The Kier molecular flexibility index (Phi) is 5.84. The predicted octanol–water partition coefficient (Wildman–Crippen LogP) is 12.3. The van der Waals surface area contributed by atoms with Gasteiger partial charge in [-0.2, -0.15) is 5.26 Å². The van der Waals surface area contributed by atoms with Crippen molar-refractivity contribution in [3.63, 3.8) is 0 Å². The van der Waals surface area contributed by atoms with Gasteiger partial charge in [-0.3, -0.25) is 0 Å². The summed E-state index contributed by atoms with van der Waals surface area (Å²) in [7, 11) is 0. The monoisotopic (exact) mass is 640 g/mol. The molecule has 0 aliphatic rings.